The van der Waals surface area contributed by atoms with Crippen LogP contribution in [0.1, 0.15) is 84.6 Å². The van der Waals surface area contributed by atoms with Gasteiger partial charge in [-0.3, -0.25) is 0 Å². The van der Waals surface area contributed by atoms with E-state index in [1.807, 2.05) is 24.3 Å². The predicted molar refractivity (Wildman–Crippen MR) is 203 cm³/mol. The number of rotatable bonds is 17. The average molecular weight is 793 g/mol. The van der Waals surface area contributed by atoms with Gasteiger partial charge < -0.3 is 33.5 Å². The van der Waals surface area contributed by atoms with Crippen molar-refractivity contribution in [3.63, 3.8) is 0 Å². The molecule has 2 fully saturated rings. The van der Waals surface area contributed by atoms with E-state index in [2.05, 4.69) is 130 Å². The second-order valence-electron chi connectivity index (χ2n) is 14.3. The van der Waals surface area contributed by atoms with Gasteiger partial charge in [-0.25, -0.2) is 0 Å². The Balaban J connectivity index is 0.948. The second kappa shape index (κ2) is 16.1. The summed E-state index contributed by atoms with van der Waals surface area (Å²) in [5.74, 6) is 1.57. The molecule has 1 N–H and O–H groups in total. The Morgan fingerprint density at radius 2 is 1.16 bits per heavy atom. The van der Waals surface area contributed by atoms with Crippen LogP contribution in [0.15, 0.2) is 97.1 Å². The van der Waals surface area contributed by atoms with E-state index < -0.39 is 6.10 Å². The number of aliphatic hydroxyl groups is 1. The van der Waals surface area contributed by atoms with Gasteiger partial charge in [-0.05, 0) is 87.2 Å². The van der Waals surface area contributed by atoms with Crippen molar-refractivity contribution >= 4 is 22.6 Å². The fourth-order valence-electron chi connectivity index (χ4n) is 6.00. The zero-order chi connectivity index (χ0) is 35.3. The Hall–Kier alpha value is -2.99. The van der Waals surface area contributed by atoms with E-state index in [-0.39, 0.29) is 46.7 Å². The summed E-state index contributed by atoms with van der Waals surface area (Å²) in [4.78, 5) is 0. The molecule has 2 heterocycles. The third-order valence-electron chi connectivity index (χ3n) is 9.88. The van der Waals surface area contributed by atoms with Crippen molar-refractivity contribution in [2.45, 2.75) is 80.6 Å². The maximum absolute atomic E-state index is 10.6. The monoisotopic (exact) mass is 792 g/mol. The number of benzene rings is 4. The number of hydrogen-bond acceptors (Lipinski definition) is 7. The lowest BCUT2D eigenvalue weighted by Crippen LogP contribution is -2.30. The molecule has 4 aromatic carbocycles. The molecule has 0 radical (unpaired) electrons. The standard InChI is InChI=1S/C42H49IO7/c1-28(50-39-22-23-45-39)29-6-10-31(11-7-29)41(2,3)33-14-18-36(19-15-33)46-24-35(44)25-49-40(43)30-8-12-32(13-9-30)42(4,5)34-16-20-37(21-17-34)47-26-38-27-48-38/h6-21,28,35,38-40,44H,22-27H2,1-5H3. The van der Waals surface area contributed by atoms with Crippen molar-refractivity contribution in [3.8, 4) is 11.5 Å². The number of epoxide rings is 1. The van der Waals surface area contributed by atoms with Gasteiger partial charge in [0.15, 0.2) is 6.29 Å². The number of ether oxygens (including phenoxy) is 6. The van der Waals surface area contributed by atoms with Crippen LogP contribution in [0.5, 0.6) is 11.5 Å². The molecule has 0 saturated carbocycles. The first kappa shape index (κ1) is 36.8. The molecule has 0 amide bonds. The Labute approximate surface area is 310 Å². The topological polar surface area (TPSA) is 78.9 Å². The van der Waals surface area contributed by atoms with E-state index in [9.17, 15) is 5.11 Å². The molecule has 8 heteroatoms. The summed E-state index contributed by atoms with van der Waals surface area (Å²) in [5.41, 5.74) is 6.64. The van der Waals surface area contributed by atoms with Crippen LogP contribution in [0.3, 0.4) is 0 Å². The Morgan fingerprint density at radius 3 is 1.62 bits per heavy atom. The van der Waals surface area contributed by atoms with Gasteiger partial charge in [-0.15, -0.1) is 0 Å². The van der Waals surface area contributed by atoms with Crippen LogP contribution in [-0.4, -0.2) is 56.6 Å². The highest BCUT2D eigenvalue weighted by molar-refractivity contribution is 14.1. The van der Waals surface area contributed by atoms with Crippen LogP contribution in [0.4, 0.5) is 0 Å². The molecule has 5 atom stereocenters. The molecule has 0 spiro atoms. The number of aliphatic hydroxyl groups excluding tert-OH is 1. The molecule has 0 bridgehead atoms. The molecule has 266 valence electrons. The molecular formula is C42H49IO7. The summed E-state index contributed by atoms with van der Waals surface area (Å²) in [5, 5.41) is 10.6. The maximum Gasteiger partial charge on any atom is 0.160 e. The van der Waals surface area contributed by atoms with Crippen LogP contribution >= 0.6 is 22.6 Å². The quantitative estimate of drug-likeness (QED) is 0.0651. The van der Waals surface area contributed by atoms with Crippen molar-refractivity contribution in [1.82, 2.24) is 0 Å². The van der Waals surface area contributed by atoms with Gasteiger partial charge in [0.1, 0.15) is 41.0 Å². The predicted octanol–water partition coefficient (Wildman–Crippen LogP) is 8.83. The number of hydrogen-bond donors (Lipinski definition) is 1. The molecule has 6 rings (SSSR count). The third kappa shape index (κ3) is 9.26. The molecule has 50 heavy (non-hydrogen) atoms. The Bertz CT molecular complexity index is 1640. The van der Waals surface area contributed by atoms with Gasteiger partial charge in [0.25, 0.3) is 0 Å². The minimum atomic E-state index is -0.758. The number of alkyl halides is 1. The van der Waals surface area contributed by atoms with Gasteiger partial charge >= 0.3 is 0 Å². The van der Waals surface area contributed by atoms with Crippen LogP contribution in [-0.2, 0) is 29.8 Å². The number of halogens is 1. The molecule has 2 aliphatic rings. The fourth-order valence-corrected chi connectivity index (χ4v) is 6.63. The lowest BCUT2D eigenvalue weighted by Gasteiger charge is -2.30. The Kier molecular flexibility index (Phi) is 11.9. The largest absolute Gasteiger partial charge is 0.491 e. The van der Waals surface area contributed by atoms with Crippen LogP contribution in [0.2, 0.25) is 0 Å². The molecule has 0 aliphatic carbocycles. The highest BCUT2D eigenvalue weighted by atomic mass is 127. The fraction of sp³-hybridized carbons (Fsp3) is 0.429. The highest BCUT2D eigenvalue weighted by Crippen LogP contribution is 2.36. The summed E-state index contributed by atoms with van der Waals surface area (Å²) in [6, 6.07) is 33.6. The first-order chi connectivity index (χ1) is 24.0. The van der Waals surface area contributed by atoms with E-state index in [4.69, 9.17) is 28.4 Å². The minimum Gasteiger partial charge on any atom is -0.491 e. The van der Waals surface area contributed by atoms with Crippen LogP contribution < -0.4 is 9.47 Å². The summed E-state index contributed by atoms with van der Waals surface area (Å²) >= 11 is 2.27. The lowest BCUT2D eigenvalue weighted by atomic mass is 9.78. The van der Waals surface area contributed by atoms with Crippen LogP contribution in [0, 0.1) is 0 Å². The molecule has 5 unspecified atom stereocenters. The van der Waals surface area contributed by atoms with Gasteiger partial charge in [0, 0.05) is 17.3 Å². The summed E-state index contributed by atoms with van der Waals surface area (Å²) in [6.45, 7) is 13.4. The van der Waals surface area contributed by atoms with Gasteiger partial charge in [-0.2, -0.15) is 0 Å². The van der Waals surface area contributed by atoms with Crippen molar-refractivity contribution in [3.05, 3.63) is 130 Å². The highest BCUT2D eigenvalue weighted by Gasteiger charge is 2.27. The zero-order valence-electron chi connectivity index (χ0n) is 29.6. The minimum absolute atomic E-state index is 0.00868. The first-order valence-corrected chi connectivity index (χ1v) is 18.7. The van der Waals surface area contributed by atoms with Gasteiger partial charge in [0.2, 0.25) is 0 Å². The summed E-state index contributed by atoms with van der Waals surface area (Å²) < 4.78 is 34.2. The van der Waals surface area contributed by atoms with Crippen molar-refractivity contribution < 1.29 is 33.5 Å². The Morgan fingerprint density at radius 1 is 0.700 bits per heavy atom. The van der Waals surface area contributed by atoms with E-state index >= 15 is 0 Å². The van der Waals surface area contributed by atoms with Crippen LogP contribution in [0.25, 0.3) is 0 Å². The molecule has 7 nitrogen and oxygen atoms in total. The molecular weight excluding hydrogens is 743 g/mol. The summed E-state index contributed by atoms with van der Waals surface area (Å²) in [7, 11) is 0. The SMILES string of the molecule is CC(OC1CCO1)c1ccc(C(C)(C)c2ccc(OCC(O)COC(I)c3ccc(C(C)(C)c4ccc(OCC5CO5)cc4)cc3)cc2)cc1. The maximum atomic E-state index is 10.6. The van der Waals surface area contributed by atoms with Crippen molar-refractivity contribution in [1.29, 1.82) is 0 Å². The van der Waals surface area contributed by atoms with Gasteiger partial charge in [0.05, 0.1) is 25.9 Å². The molecule has 2 saturated heterocycles. The van der Waals surface area contributed by atoms with E-state index in [1.54, 1.807) is 0 Å². The molecule has 0 aromatic heterocycles. The first-order valence-electron chi connectivity index (χ1n) is 17.5. The van der Waals surface area contributed by atoms with Crippen molar-refractivity contribution in [2.24, 2.45) is 0 Å². The second-order valence-corrected chi connectivity index (χ2v) is 15.4. The lowest BCUT2D eigenvalue weighted by molar-refractivity contribution is -0.234. The normalized spacial score (nSPS) is 19.3. The zero-order valence-corrected chi connectivity index (χ0v) is 31.8. The third-order valence-corrected chi connectivity index (χ3v) is 11.0. The van der Waals surface area contributed by atoms with E-state index in [0.717, 1.165) is 36.5 Å². The van der Waals surface area contributed by atoms with Crippen molar-refractivity contribution in [2.75, 3.05) is 33.0 Å². The van der Waals surface area contributed by atoms with Gasteiger partial charge in [-0.1, -0.05) is 100 Å². The average Bonchev–Trinajstić information content (AvgIpc) is 3.95. The summed E-state index contributed by atoms with van der Waals surface area (Å²) in [6.07, 6.45) is 0.357. The molecule has 2 aliphatic heterocycles. The smallest absolute Gasteiger partial charge is 0.160 e. The van der Waals surface area contributed by atoms with E-state index in [0.29, 0.717) is 12.4 Å². The van der Waals surface area contributed by atoms with E-state index in [1.165, 1.54) is 22.3 Å². The molecule has 4 aromatic rings.